The van der Waals surface area contributed by atoms with Crippen LogP contribution in [0.15, 0.2) is 70.4 Å². The molecule has 0 saturated carbocycles. The maximum absolute atomic E-state index is 12.3. The Morgan fingerprint density at radius 1 is 1.00 bits per heavy atom. The van der Waals surface area contributed by atoms with E-state index in [0.717, 1.165) is 16.9 Å². The number of anilines is 3. The monoisotopic (exact) mass is 352 g/mol. The lowest BCUT2D eigenvalue weighted by Crippen LogP contribution is -2.36. The Labute approximate surface area is 149 Å². The molecule has 3 N–H and O–H groups in total. The van der Waals surface area contributed by atoms with Crippen molar-refractivity contribution in [1.82, 2.24) is 9.97 Å². The van der Waals surface area contributed by atoms with Crippen LogP contribution in [0.4, 0.5) is 17.1 Å². The highest BCUT2D eigenvalue weighted by Gasteiger charge is 2.20. The first-order chi connectivity index (χ1) is 12.1. The summed E-state index contributed by atoms with van der Waals surface area (Å²) in [7, 11) is 0. The van der Waals surface area contributed by atoms with Crippen molar-refractivity contribution in [2.75, 3.05) is 10.2 Å². The molecule has 3 aromatic rings. The van der Waals surface area contributed by atoms with Crippen LogP contribution in [-0.4, -0.2) is 15.1 Å². The summed E-state index contributed by atoms with van der Waals surface area (Å²) in [5.41, 5.74) is 1.61. The first kappa shape index (κ1) is 16.7. The molecule has 0 radical (unpaired) electrons. The number of aryl methyl sites for hydroxylation is 1. The van der Waals surface area contributed by atoms with Crippen LogP contribution in [0.1, 0.15) is 5.56 Å². The minimum absolute atomic E-state index is 0.224. The maximum atomic E-state index is 12.3. The second-order valence-corrected chi connectivity index (χ2v) is 5.76. The summed E-state index contributed by atoms with van der Waals surface area (Å²) in [5, 5.41) is 3.44. The third-order valence-corrected chi connectivity index (χ3v) is 3.91. The summed E-state index contributed by atoms with van der Waals surface area (Å²) in [5.74, 6) is 0. The van der Waals surface area contributed by atoms with Crippen LogP contribution in [-0.2, 0) is 0 Å². The van der Waals surface area contributed by atoms with Gasteiger partial charge >= 0.3 is 5.69 Å². The zero-order chi connectivity index (χ0) is 17.8. The molecular weight excluding hydrogens is 336 g/mol. The molecule has 1 aromatic heterocycles. The van der Waals surface area contributed by atoms with Gasteiger partial charge in [-0.1, -0.05) is 36.4 Å². The summed E-state index contributed by atoms with van der Waals surface area (Å²) in [6.45, 7) is 1.92. The first-order valence-corrected chi connectivity index (χ1v) is 8.01. The van der Waals surface area contributed by atoms with Crippen molar-refractivity contribution in [3.05, 3.63) is 87.2 Å². The van der Waals surface area contributed by atoms with Crippen molar-refractivity contribution in [2.24, 2.45) is 0 Å². The molecule has 0 fully saturated rings. The molecule has 0 unspecified atom stereocenters. The largest absolute Gasteiger partial charge is 0.332 e. The maximum Gasteiger partial charge on any atom is 0.325 e. The van der Waals surface area contributed by atoms with Gasteiger partial charge in [0.1, 0.15) is 5.69 Å². The zero-order valence-electron chi connectivity index (χ0n) is 13.4. The van der Waals surface area contributed by atoms with Gasteiger partial charge in [-0.2, -0.15) is 0 Å². The van der Waals surface area contributed by atoms with Crippen molar-refractivity contribution in [3.63, 3.8) is 0 Å². The van der Waals surface area contributed by atoms with E-state index < -0.39 is 11.2 Å². The third kappa shape index (κ3) is 3.67. The number of hydrogen-bond acceptors (Lipinski definition) is 3. The van der Waals surface area contributed by atoms with E-state index in [1.807, 2.05) is 61.5 Å². The van der Waals surface area contributed by atoms with E-state index in [4.69, 9.17) is 12.2 Å². The van der Waals surface area contributed by atoms with Crippen LogP contribution in [0.2, 0.25) is 0 Å². The molecule has 0 aliphatic rings. The molecule has 1 heterocycles. The van der Waals surface area contributed by atoms with E-state index in [-0.39, 0.29) is 5.69 Å². The minimum Gasteiger partial charge on any atom is -0.332 e. The highest BCUT2D eigenvalue weighted by atomic mass is 32.1. The van der Waals surface area contributed by atoms with E-state index in [0.29, 0.717) is 5.11 Å². The number of nitrogens with one attached hydrogen (secondary N) is 3. The Bertz CT molecular complexity index is 1010. The number of H-pyrrole nitrogens is 2. The molecule has 3 rings (SSSR count). The van der Waals surface area contributed by atoms with Crippen molar-refractivity contribution < 1.29 is 0 Å². The summed E-state index contributed by atoms with van der Waals surface area (Å²) in [6.07, 6.45) is 1.35. The van der Waals surface area contributed by atoms with E-state index in [1.54, 1.807) is 4.90 Å². The Kier molecular flexibility index (Phi) is 4.76. The highest BCUT2D eigenvalue weighted by molar-refractivity contribution is 7.80. The zero-order valence-corrected chi connectivity index (χ0v) is 14.3. The number of aromatic nitrogens is 2. The van der Waals surface area contributed by atoms with Crippen LogP contribution in [0.3, 0.4) is 0 Å². The highest BCUT2D eigenvalue weighted by Crippen LogP contribution is 2.26. The molecule has 2 aromatic carbocycles. The topological polar surface area (TPSA) is 81.0 Å². The Hall–Kier alpha value is -3.19. The van der Waals surface area contributed by atoms with Gasteiger partial charge in [-0.05, 0) is 42.9 Å². The summed E-state index contributed by atoms with van der Waals surface area (Å²) in [4.78, 5) is 30.0. The average Bonchev–Trinajstić information content (AvgIpc) is 2.59. The van der Waals surface area contributed by atoms with Crippen molar-refractivity contribution in [1.29, 1.82) is 0 Å². The van der Waals surface area contributed by atoms with Gasteiger partial charge in [0.25, 0.3) is 5.56 Å². The molecule has 0 aliphatic carbocycles. The Balaban J connectivity index is 2.09. The van der Waals surface area contributed by atoms with Gasteiger partial charge in [-0.25, -0.2) is 4.79 Å². The number of para-hydroxylation sites is 2. The van der Waals surface area contributed by atoms with Crippen LogP contribution in [0.5, 0.6) is 0 Å². The minimum atomic E-state index is -0.569. The fourth-order valence-corrected chi connectivity index (χ4v) is 2.75. The third-order valence-electron chi connectivity index (χ3n) is 3.63. The van der Waals surface area contributed by atoms with Crippen LogP contribution < -0.4 is 21.5 Å². The smallest absolute Gasteiger partial charge is 0.325 e. The molecule has 0 saturated heterocycles. The normalized spacial score (nSPS) is 10.3. The molecule has 0 spiro atoms. The molecule has 0 aliphatic heterocycles. The van der Waals surface area contributed by atoms with Gasteiger partial charge in [-0.3, -0.25) is 14.7 Å². The fourth-order valence-electron chi connectivity index (χ4n) is 2.43. The molecule has 6 nitrogen and oxygen atoms in total. The van der Waals surface area contributed by atoms with Crippen LogP contribution >= 0.6 is 12.2 Å². The number of thiocarbonyl (C=S) groups is 1. The Morgan fingerprint density at radius 3 is 2.36 bits per heavy atom. The predicted molar refractivity (Wildman–Crippen MR) is 104 cm³/mol. The van der Waals surface area contributed by atoms with Crippen molar-refractivity contribution in [3.8, 4) is 0 Å². The molecule has 25 heavy (non-hydrogen) atoms. The van der Waals surface area contributed by atoms with Crippen molar-refractivity contribution >= 4 is 34.4 Å². The van der Waals surface area contributed by atoms with Gasteiger partial charge in [0.05, 0.1) is 5.69 Å². The lowest BCUT2D eigenvalue weighted by Gasteiger charge is -2.26. The van der Waals surface area contributed by atoms with Crippen LogP contribution in [0.25, 0.3) is 0 Å². The Morgan fingerprint density at radius 2 is 1.68 bits per heavy atom. The van der Waals surface area contributed by atoms with Crippen molar-refractivity contribution in [2.45, 2.75) is 6.92 Å². The quantitative estimate of drug-likeness (QED) is 0.632. The van der Waals surface area contributed by atoms with Gasteiger partial charge in [0, 0.05) is 11.9 Å². The first-order valence-electron chi connectivity index (χ1n) is 7.60. The fraction of sp³-hybridized carbons (Fsp3) is 0.0556. The second-order valence-electron chi connectivity index (χ2n) is 5.38. The van der Waals surface area contributed by atoms with Gasteiger partial charge in [0.2, 0.25) is 0 Å². The van der Waals surface area contributed by atoms with Gasteiger partial charge in [0.15, 0.2) is 5.11 Å². The average molecular weight is 352 g/mol. The lowest BCUT2D eigenvalue weighted by molar-refractivity contribution is 1.02. The number of rotatable bonds is 3. The van der Waals surface area contributed by atoms with E-state index in [9.17, 15) is 9.59 Å². The molecule has 0 atom stereocenters. The predicted octanol–water partition coefficient (Wildman–Crippen LogP) is 2.91. The molecule has 0 bridgehead atoms. The second kappa shape index (κ2) is 7.14. The summed E-state index contributed by atoms with van der Waals surface area (Å²) < 4.78 is 0. The van der Waals surface area contributed by atoms with Gasteiger partial charge < -0.3 is 10.3 Å². The molecule has 126 valence electrons. The van der Waals surface area contributed by atoms with E-state index in [1.165, 1.54) is 6.20 Å². The summed E-state index contributed by atoms with van der Waals surface area (Å²) in [6, 6.07) is 17.0. The standard InChI is InChI=1S/C18H16N4O2S/c1-12-7-5-6-10-14(12)22(15-11-19-17(24)21-16(15)23)18(25)20-13-8-3-2-4-9-13/h2-11H,1H3,(H,20,25)(H2,19,21,23,24). The number of nitrogens with zero attached hydrogens (tertiary/aromatic N) is 1. The molecular formula is C18H16N4O2S. The summed E-state index contributed by atoms with van der Waals surface area (Å²) >= 11 is 5.54. The number of benzene rings is 2. The van der Waals surface area contributed by atoms with E-state index in [2.05, 4.69) is 15.3 Å². The van der Waals surface area contributed by atoms with E-state index >= 15 is 0 Å². The number of hydrogen-bond donors (Lipinski definition) is 3. The SMILES string of the molecule is Cc1ccccc1N(C(=S)Nc1ccccc1)c1c[nH]c(=O)[nH]c1=O. The molecule has 0 amide bonds. The van der Waals surface area contributed by atoms with Gasteiger partial charge in [-0.15, -0.1) is 0 Å². The molecule has 7 heteroatoms. The van der Waals surface area contributed by atoms with Crippen LogP contribution in [0, 0.1) is 6.92 Å². The number of aromatic amines is 2. The lowest BCUT2D eigenvalue weighted by atomic mass is 10.2.